The van der Waals surface area contributed by atoms with E-state index in [2.05, 4.69) is 0 Å². The van der Waals surface area contributed by atoms with E-state index in [1.807, 2.05) is 29.8 Å². The summed E-state index contributed by atoms with van der Waals surface area (Å²) in [5.41, 5.74) is 7.57. The Hall–Kier alpha value is -1.81. The first kappa shape index (κ1) is 13.6. The molecule has 19 heavy (non-hydrogen) atoms. The molecule has 0 amide bonds. The van der Waals surface area contributed by atoms with Gasteiger partial charge in [-0.25, -0.2) is 4.39 Å². The molecular weight excluding hydrogens is 243 g/mol. The molecule has 0 bridgehead atoms. The number of benzene rings is 1. The molecule has 4 heteroatoms. The Morgan fingerprint density at radius 1 is 1.37 bits per heavy atom. The van der Waals surface area contributed by atoms with Gasteiger partial charge in [-0.3, -0.25) is 0 Å². The SMILES string of the molecule is COc1ccc(Cn2cccc2CC(C)N)c(F)c1. The van der Waals surface area contributed by atoms with E-state index in [1.54, 1.807) is 12.1 Å². The Bertz CT molecular complexity index is 549. The number of nitrogens with two attached hydrogens (primary N) is 1. The lowest BCUT2D eigenvalue weighted by molar-refractivity contribution is 0.410. The first-order valence-corrected chi connectivity index (χ1v) is 6.32. The number of halogens is 1. The molecule has 2 aromatic rings. The standard InChI is InChI=1S/C15H19FN2O/c1-11(17)8-13-4-3-7-18(13)10-12-5-6-14(19-2)9-15(12)16/h3-7,9,11H,8,10,17H2,1-2H3. The maximum atomic E-state index is 13.9. The van der Waals surface area contributed by atoms with Gasteiger partial charge in [-0.15, -0.1) is 0 Å². The highest BCUT2D eigenvalue weighted by molar-refractivity contribution is 5.29. The van der Waals surface area contributed by atoms with Gasteiger partial charge in [0.05, 0.1) is 13.7 Å². The quantitative estimate of drug-likeness (QED) is 0.899. The highest BCUT2D eigenvalue weighted by Gasteiger charge is 2.08. The summed E-state index contributed by atoms with van der Waals surface area (Å²) < 4.78 is 20.9. The molecule has 1 unspecified atom stereocenters. The van der Waals surface area contributed by atoms with Gasteiger partial charge in [0.15, 0.2) is 0 Å². The minimum Gasteiger partial charge on any atom is -0.497 e. The Kier molecular flexibility index (Phi) is 4.22. The molecule has 1 heterocycles. The number of rotatable bonds is 5. The largest absolute Gasteiger partial charge is 0.497 e. The molecule has 0 fully saturated rings. The minimum atomic E-state index is -0.250. The smallest absolute Gasteiger partial charge is 0.131 e. The molecule has 3 nitrogen and oxygen atoms in total. The second-order valence-electron chi connectivity index (χ2n) is 4.77. The number of aromatic nitrogens is 1. The third kappa shape index (κ3) is 3.35. The summed E-state index contributed by atoms with van der Waals surface area (Å²) in [5.74, 6) is 0.282. The van der Waals surface area contributed by atoms with Crippen molar-refractivity contribution in [1.29, 1.82) is 0 Å². The molecule has 0 aliphatic carbocycles. The summed E-state index contributed by atoms with van der Waals surface area (Å²) in [7, 11) is 1.53. The first-order valence-electron chi connectivity index (χ1n) is 6.32. The Labute approximate surface area is 112 Å². The second kappa shape index (κ2) is 5.89. The maximum Gasteiger partial charge on any atom is 0.131 e. The number of methoxy groups -OCH3 is 1. The Balaban J connectivity index is 2.19. The van der Waals surface area contributed by atoms with Crippen LogP contribution in [0.2, 0.25) is 0 Å². The number of nitrogens with zero attached hydrogens (tertiary/aromatic N) is 1. The zero-order chi connectivity index (χ0) is 13.8. The van der Waals surface area contributed by atoms with Crippen LogP contribution >= 0.6 is 0 Å². The molecule has 2 N–H and O–H groups in total. The van der Waals surface area contributed by atoms with E-state index in [-0.39, 0.29) is 11.9 Å². The third-order valence-corrected chi connectivity index (χ3v) is 3.06. The molecule has 0 aliphatic heterocycles. The lowest BCUT2D eigenvalue weighted by Crippen LogP contribution is -2.20. The topological polar surface area (TPSA) is 40.2 Å². The van der Waals surface area contributed by atoms with Gasteiger partial charge in [-0.2, -0.15) is 0 Å². The van der Waals surface area contributed by atoms with E-state index in [1.165, 1.54) is 13.2 Å². The highest BCUT2D eigenvalue weighted by atomic mass is 19.1. The average Bonchev–Trinajstić information content (AvgIpc) is 2.78. The van der Waals surface area contributed by atoms with Gasteiger partial charge in [0.25, 0.3) is 0 Å². The summed E-state index contributed by atoms with van der Waals surface area (Å²) in [5, 5.41) is 0. The summed E-state index contributed by atoms with van der Waals surface area (Å²) in [6, 6.07) is 9.00. The van der Waals surface area contributed by atoms with Gasteiger partial charge in [0.1, 0.15) is 11.6 Å². The van der Waals surface area contributed by atoms with Crippen LogP contribution < -0.4 is 10.5 Å². The van der Waals surface area contributed by atoms with Crippen LogP contribution in [0.1, 0.15) is 18.2 Å². The molecule has 1 atom stereocenters. The van der Waals surface area contributed by atoms with Crippen molar-refractivity contribution >= 4 is 0 Å². The van der Waals surface area contributed by atoms with Crippen LogP contribution in [-0.4, -0.2) is 17.7 Å². The highest BCUT2D eigenvalue weighted by Crippen LogP contribution is 2.18. The zero-order valence-corrected chi connectivity index (χ0v) is 11.3. The monoisotopic (exact) mass is 262 g/mol. The third-order valence-electron chi connectivity index (χ3n) is 3.06. The van der Waals surface area contributed by atoms with Crippen LogP contribution in [0.3, 0.4) is 0 Å². The van der Waals surface area contributed by atoms with Crippen molar-refractivity contribution in [3.8, 4) is 5.75 Å². The minimum absolute atomic E-state index is 0.0920. The van der Waals surface area contributed by atoms with E-state index >= 15 is 0 Å². The summed E-state index contributed by atoms with van der Waals surface area (Å²) in [6.45, 7) is 2.47. The van der Waals surface area contributed by atoms with Crippen molar-refractivity contribution in [2.24, 2.45) is 5.73 Å². The summed E-state index contributed by atoms with van der Waals surface area (Å²) in [6.07, 6.45) is 2.73. The van der Waals surface area contributed by atoms with Crippen molar-refractivity contribution in [3.63, 3.8) is 0 Å². The molecular formula is C15H19FN2O. The fraction of sp³-hybridized carbons (Fsp3) is 0.333. The normalized spacial score (nSPS) is 12.4. The van der Waals surface area contributed by atoms with E-state index in [9.17, 15) is 4.39 Å². The number of ether oxygens (including phenoxy) is 1. The summed E-state index contributed by atoms with van der Waals surface area (Å²) >= 11 is 0. The summed E-state index contributed by atoms with van der Waals surface area (Å²) in [4.78, 5) is 0. The van der Waals surface area contributed by atoms with Gasteiger partial charge < -0.3 is 15.0 Å². The van der Waals surface area contributed by atoms with Gasteiger partial charge in [0.2, 0.25) is 0 Å². The van der Waals surface area contributed by atoms with Crippen molar-refractivity contribution in [2.75, 3.05) is 7.11 Å². The van der Waals surface area contributed by atoms with Crippen LogP contribution in [0.5, 0.6) is 5.75 Å². The van der Waals surface area contributed by atoms with Crippen molar-refractivity contribution in [3.05, 3.63) is 53.6 Å². The fourth-order valence-corrected chi connectivity index (χ4v) is 2.09. The number of hydrogen-bond donors (Lipinski definition) is 1. The Morgan fingerprint density at radius 2 is 2.16 bits per heavy atom. The Morgan fingerprint density at radius 3 is 2.79 bits per heavy atom. The molecule has 0 radical (unpaired) electrons. The second-order valence-corrected chi connectivity index (χ2v) is 4.77. The molecule has 0 saturated heterocycles. The van der Waals surface area contributed by atoms with E-state index in [0.29, 0.717) is 17.9 Å². The fourth-order valence-electron chi connectivity index (χ4n) is 2.09. The van der Waals surface area contributed by atoms with E-state index in [0.717, 1.165) is 12.1 Å². The van der Waals surface area contributed by atoms with Gasteiger partial charge >= 0.3 is 0 Å². The predicted octanol–water partition coefficient (Wildman–Crippen LogP) is 2.57. The first-order chi connectivity index (χ1) is 9.10. The van der Waals surface area contributed by atoms with Crippen LogP contribution in [-0.2, 0) is 13.0 Å². The van der Waals surface area contributed by atoms with Crippen LogP contribution in [0.15, 0.2) is 36.5 Å². The lowest BCUT2D eigenvalue weighted by atomic mass is 10.1. The van der Waals surface area contributed by atoms with Gasteiger partial charge in [-0.1, -0.05) is 6.07 Å². The molecule has 2 rings (SSSR count). The van der Waals surface area contributed by atoms with Gasteiger partial charge in [-0.05, 0) is 25.1 Å². The van der Waals surface area contributed by atoms with Crippen molar-refractivity contribution in [2.45, 2.75) is 25.9 Å². The van der Waals surface area contributed by atoms with E-state index in [4.69, 9.17) is 10.5 Å². The number of hydrogen-bond acceptors (Lipinski definition) is 2. The zero-order valence-electron chi connectivity index (χ0n) is 11.3. The predicted molar refractivity (Wildman–Crippen MR) is 73.8 cm³/mol. The van der Waals surface area contributed by atoms with Gasteiger partial charge in [0, 0.05) is 36.0 Å². The average molecular weight is 262 g/mol. The molecule has 0 spiro atoms. The van der Waals surface area contributed by atoms with Crippen LogP contribution in [0, 0.1) is 5.82 Å². The molecule has 0 saturated carbocycles. The van der Waals surface area contributed by atoms with Crippen LogP contribution in [0.25, 0.3) is 0 Å². The van der Waals surface area contributed by atoms with Crippen molar-refractivity contribution in [1.82, 2.24) is 4.57 Å². The van der Waals surface area contributed by atoms with Crippen molar-refractivity contribution < 1.29 is 9.13 Å². The van der Waals surface area contributed by atoms with E-state index < -0.39 is 0 Å². The molecule has 1 aromatic carbocycles. The maximum absolute atomic E-state index is 13.9. The molecule has 102 valence electrons. The van der Waals surface area contributed by atoms with Crippen LogP contribution in [0.4, 0.5) is 4.39 Å². The lowest BCUT2D eigenvalue weighted by Gasteiger charge is -2.12. The molecule has 0 aliphatic rings. The molecule has 1 aromatic heterocycles.